The van der Waals surface area contributed by atoms with Crippen molar-refractivity contribution in [1.82, 2.24) is 4.90 Å². The maximum absolute atomic E-state index is 5.94. The summed E-state index contributed by atoms with van der Waals surface area (Å²) >= 11 is 0. The zero-order valence-corrected chi connectivity index (χ0v) is 13.4. The van der Waals surface area contributed by atoms with E-state index in [4.69, 9.17) is 15.2 Å². The van der Waals surface area contributed by atoms with Crippen molar-refractivity contribution in [2.45, 2.75) is 44.4 Å². The van der Waals surface area contributed by atoms with Gasteiger partial charge in [0.15, 0.2) is 0 Å². The summed E-state index contributed by atoms with van der Waals surface area (Å²) in [7, 11) is 3.89. The van der Waals surface area contributed by atoms with Gasteiger partial charge < -0.3 is 20.1 Å². The van der Waals surface area contributed by atoms with E-state index < -0.39 is 0 Å². The Labute approximate surface area is 128 Å². The van der Waals surface area contributed by atoms with Gasteiger partial charge in [0, 0.05) is 19.1 Å². The van der Waals surface area contributed by atoms with Gasteiger partial charge in [0.1, 0.15) is 5.75 Å². The van der Waals surface area contributed by atoms with Crippen molar-refractivity contribution in [3.8, 4) is 5.75 Å². The fourth-order valence-corrected chi connectivity index (χ4v) is 2.93. The molecule has 3 unspecified atom stereocenters. The molecular formula is C17H28N2O2. The predicted molar refractivity (Wildman–Crippen MR) is 85.7 cm³/mol. The topological polar surface area (TPSA) is 47.7 Å². The molecule has 1 aliphatic heterocycles. The highest BCUT2D eigenvalue weighted by atomic mass is 16.5. The molecule has 0 saturated carbocycles. The number of ether oxygens (including phenoxy) is 2. The number of nitrogens with zero attached hydrogens (tertiary/aromatic N) is 1. The highest BCUT2D eigenvalue weighted by molar-refractivity contribution is 5.33. The Balaban J connectivity index is 1.86. The van der Waals surface area contributed by atoms with Crippen LogP contribution in [0.3, 0.4) is 0 Å². The van der Waals surface area contributed by atoms with Gasteiger partial charge >= 0.3 is 0 Å². The average Bonchev–Trinajstić information content (AvgIpc) is 2.95. The van der Waals surface area contributed by atoms with Crippen molar-refractivity contribution in [1.29, 1.82) is 0 Å². The van der Waals surface area contributed by atoms with Crippen molar-refractivity contribution in [3.63, 3.8) is 0 Å². The van der Waals surface area contributed by atoms with Gasteiger partial charge in [-0.15, -0.1) is 0 Å². The van der Waals surface area contributed by atoms with E-state index in [0.717, 1.165) is 31.6 Å². The van der Waals surface area contributed by atoms with E-state index in [9.17, 15) is 0 Å². The van der Waals surface area contributed by atoms with Crippen LogP contribution in [0.2, 0.25) is 0 Å². The van der Waals surface area contributed by atoms with E-state index in [2.05, 4.69) is 31.0 Å². The molecular weight excluding hydrogens is 264 g/mol. The minimum atomic E-state index is 0.257. The van der Waals surface area contributed by atoms with E-state index in [-0.39, 0.29) is 6.10 Å². The Morgan fingerprint density at radius 2 is 2.05 bits per heavy atom. The quantitative estimate of drug-likeness (QED) is 0.836. The minimum Gasteiger partial charge on any atom is -0.496 e. The summed E-state index contributed by atoms with van der Waals surface area (Å²) in [6, 6.07) is 8.68. The van der Waals surface area contributed by atoms with Crippen LogP contribution in [0.4, 0.5) is 0 Å². The molecule has 0 radical (unpaired) electrons. The van der Waals surface area contributed by atoms with Crippen LogP contribution in [0.5, 0.6) is 5.75 Å². The van der Waals surface area contributed by atoms with E-state index in [0.29, 0.717) is 18.7 Å². The standard InChI is InChI=1S/C17H28N2O2/c1-13(10-14-6-4-5-7-17(14)20-3)19(2)12-16-9-8-15(11-18)21-16/h4-7,13,15-16H,8-12,18H2,1-3H3. The number of hydrogen-bond donors (Lipinski definition) is 1. The lowest BCUT2D eigenvalue weighted by atomic mass is 10.0. The molecule has 1 aromatic rings. The molecule has 4 nitrogen and oxygen atoms in total. The Bertz CT molecular complexity index is 439. The molecule has 1 aromatic carbocycles. The first-order valence-electron chi connectivity index (χ1n) is 7.81. The third kappa shape index (κ3) is 4.43. The zero-order valence-electron chi connectivity index (χ0n) is 13.4. The second kappa shape index (κ2) is 7.78. The summed E-state index contributed by atoms with van der Waals surface area (Å²) < 4.78 is 11.4. The molecule has 4 heteroatoms. The highest BCUT2D eigenvalue weighted by Gasteiger charge is 2.26. The summed E-state index contributed by atoms with van der Waals surface area (Å²) in [5.74, 6) is 0.970. The maximum atomic E-state index is 5.94. The van der Waals surface area contributed by atoms with Gasteiger partial charge in [-0.25, -0.2) is 0 Å². The molecule has 21 heavy (non-hydrogen) atoms. The van der Waals surface area contributed by atoms with Crippen LogP contribution < -0.4 is 10.5 Å². The molecule has 0 amide bonds. The molecule has 2 rings (SSSR count). The Kier molecular flexibility index (Phi) is 6.03. The van der Waals surface area contributed by atoms with Gasteiger partial charge in [0.05, 0.1) is 19.3 Å². The minimum absolute atomic E-state index is 0.257. The van der Waals surface area contributed by atoms with Crippen molar-refractivity contribution >= 4 is 0 Å². The summed E-state index contributed by atoms with van der Waals surface area (Å²) in [4.78, 5) is 2.37. The second-order valence-corrected chi connectivity index (χ2v) is 6.00. The lowest BCUT2D eigenvalue weighted by molar-refractivity contribution is 0.0255. The van der Waals surface area contributed by atoms with Gasteiger partial charge in [-0.2, -0.15) is 0 Å². The molecule has 1 aliphatic rings. The number of rotatable bonds is 7. The van der Waals surface area contributed by atoms with E-state index in [1.807, 2.05) is 12.1 Å². The molecule has 2 N–H and O–H groups in total. The Morgan fingerprint density at radius 3 is 2.71 bits per heavy atom. The number of methoxy groups -OCH3 is 1. The number of likely N-dealkylation sites (N-methyl/N-ethyl adjacent to an activating group) is 1. The number of hydrogen-bond acceptors (Lipinski definition) is 4. The molecule has 1 saturated heterocycles. The van der Waals surface area contributed by atoms with Gasteiger partial charge in [-0.05, 0) is 44.9 Å². The first kappa shape index (κ1) is 16.3. The second-order valence-electron chi connectivity index (χ2n) is 6.00. The predicted octanol–water partition coefficient (Wildman–Crippen LogP) is 2.06. The van der Waals surface area contributed by atoms with Gasteiger partial charge in [-0.1, -0.05) is 18.2 Å². The van der Waals surface area contributed by atoms with Crippen molar-refractivity contribution < 1.29 is 9.47 Å². The largest absolute Gasteiger partial charge is 0.496 e. The monoisotopic (exact) mass is 292 g/mol. The average molecular weight is 292 g/mol. The van der Waals surface area contributed by atoms with Crippen LogP contribution in [0.25, 0.3) is 0 Å². The van der Waals surface area contributed by atoms with E-state index in [1.54, 1.807) is 7.11 Å². The van der Waals surface area contributed by atoms with E-state index in [1.165, 1.54) is 5.56 Å². The Morgan fingerprint density at radius 1 is 1.33 bits per heavy atom. The lowest BCUT2D eigenvalue weighted by Crippen LogP contribution is -2.37. The molecule has 0 bridgehead atoms. The first-order chi connectivity index (χ1) is 10.1. The molecule has 0 aliphatic carbocycles. The normalized spacial score (nSPS) is 23.5. The summed E-state index contributed by atoms with van der Waals surface area (Å²) in [6.45, 7) is 3.85. The first-order valence-corrected chi connectivity index (χ1v) is 7.81. The van der Waals surface area contributed by atoms with Gasteiger partial charge in [-0.3, -0.25) is 0 Å². The summed E-state index contributed by atoms with van der Waals surface area (Å²) in [5, 5.41) is 0. The lowest BCUT2D eigenvalue weighted by Gasteiger charge is -2.28. The van der Waals surface area contributed by atoms with Crippen LogP contribution in [-0.2, 0) is 11.2 Å². The number of benzene rings is 1. The smallest absolute Gasteiger partial charge is 0.122 e. The SMILES string of the molecule is COc1ccccc1CC(C)N(C)CC1CCC(CN)O1. The van der Waals surface area contributed by atoms with Crippen LogP contribution in [0.15, 0.2) is 24.3 Å². The van der Waals surface area contributed by atoms with E-state index >= 15 is 0 Å². The summed E-state index contributed by atoms with van der Waals surface area (Å²) in [6.07, 6.45) is 3.77. The van der Waals surface area contributed by atoms with Crippen LogP contribution >= 0.6 is 0 Å². The van der Waals surface area contributed by atoms with Gasteiger partial charge in [0.25, 0.3) is 0 Å². The van der Waals surface area contributed by atoms with Crippen molar-refractivity contribution in [2.24, 2.45) is 5.73 Å². The highest BCUT2D eigenvalue weighted by Crippen LogP contribution is 2.22. The van der Waals surface area contributed by atoms with Gasteiger partial charge in [0.2, 0.25) is 0 Å². The molecule has 0 aromatic heterocycles. The fraction of sp³-hybridized carbons (Fsp3) is 0.647. The number of para-hydroxylation sites is 1. The molecule has 1 heterocycles. The molecule has 3 atom stereocenters. The van der Waals surface area contributed by atoms with Crippen molar-refractivity contribution in [3.05, 3.63) is 29.8 Å². The van der Waals surface area contributed by atoms with Crippen LogP contribution in [0, 0.1) is 0 Å². The third-order valence-electron chi connectivity index (χ3n) is 4.41. The molecule has 0 spiro atoms. The summed E-state index contributed by atoms with van der Waals surface area (Å²) in [5.41, 5.74) is 6.92. The number of nitrogens with two attached hydrogens (primary N) is 1. The maximum Gasteiger partial charge on any atom is 0.122 e. The zero-order chi connectivity index (χ0) is 15.2. The Hall–Kier alpha value is -1.10. The molecule has 1 fully saturated rings. The molecule has 118 valence electrons. The van der Waals surface area contributed by atoms with Crippen LogP contribution in [0.1, 0.15) is 25.3 Å². The fourth-order valence-electron chi connectivity index (χ4n) is 2.93. The van der Waals surface area contributed by atoms with Crippen molar-refractivity contribution in [2.75, 3.05) is 27.2 Å². The third-order valence-corrected chi connectivity index (χ3v) is 4.41. The van der Waals surface area contributed by atoms with Crippen LogP contribution in [-0.4, -0.2) is 50.4 Å².